The van der Waals surface area contributed by atoms with Crippen LogP contribution in [0.5, 0.6) is 5.75 Å². The first-order valence-electron chi connectivity index (χ1n) is 7.73. The maximum atomic E-state index is 10.9. The molecular formula is C17H21Cl2N3O3. The smallest absolute Gasteiger partial charge is 0.270 e. The topological polar surface area (TPSA) is 77.3 Å². The van der Waals surface area contributed by atoms with Crippen LogP contribution in [0.15, 0.2) is 42.7 Å². The average molecular weight is 386 g/mol. The molecule has 6 nitrogen and oxygen atoms in total. The molecule has 1 N–H and O–H groups in total. The Balaban J connectivity index is 0.00000156. The Kier molecular flexibility index (Phi) is 8.09. The fraction of sp³-hybridized carbons (Fsp3) is 0.353. The minimum Gasteiger partial charge on any atom is -0.487 e. The highest BCUT2D eigenvalue weighted by atomic mass is 35.5. The van der Waals surface area contributed by atoms with Crippen LogP contribution in [0.2, 0.25) is 0 Å². The van der Waals surface area contributed by atoms with Gasteiger partial charge in [-0.3, -0.25) is 15.1 Å². The normalized spacial score (nSPS) is 17.1. The number of non-ortho nitro benzene ring substituents is 1. The van der Waals surface area contributed by atoms with E-state index in [1.54, 1.807) is 24.5 Å². The van der Waals surface area contributed by atoms with E-state index < -0.39 is 4.92 Å². The van der Waals surface area contributed by atoms with E-state index in [9.17, 15) is 10.1 Å². The first-order valence-corrected chi connectivity index (χ1v) is 7.73. The molecule has 2 atom stereocenters. The van der Waals surface area contributed by atoms with Crippen LogP contribution >= 0.6 is 24.8 Å². The van der Waals surface area contributed by atoms with Crippen LogP contribution < -0.4 is 10.1 Å². The maximum absolute atomic E-state index is 10.9. The number of pyridine rings is 1. The summed E-state index contributed by atoms with van der Waals surface area (Å²) in [6.07, 6.45) is 5.69. The van der Waals surface area contributed by atoms with Crippen molar-refractivity contribution in [1.82, 2.24) is 10.3 Å². The standard InChI is InChI=1S/C17H19N3O3.2ClH/c1-12(17-6-3-7-19-17)23-16-9-14(10-18-11-16)13-4-2-5-15(8-13)20(21)22;;/h2,4-5,8-12,17,19H,3,6-7H2,1H3;2*1H/t12?,17-;;/m0../s1. The summed E-state index contributed by atoms with van der Waals surface area (Å²) in [5.41, 5.74) is 1.62. The number of rotatable bonds is 5. The van der Waals surface area contributed by atoms with E-state index in [2.05, 4.69) is 10.3 Å². The Morgan fingerprint density at radius 2 is 2.08 bits per heavy atom. The summed E-state index contributed by atoms with van der Waals surface area (Å²) in [6, 6.07) is 8.75. The van der Waals surface area contributed by atoms with Gasteiger partial charge in [-0.1, -0.05) is 12.1 Å². The van der Waals surface area contributed by atoms with Crippen LogP contribution in [0, 0.1) is 10.1 Å². The van der Waals surface area contributed by atoms with Gasteiger partial charge in [-0.25, -0.2) is 0 Å². The lowest BCUT2D eigenvalue weighted by atomic mass is 10.1. The van der Waals surface area contributed by atoms with Crippen molar-refractivity contribution >= 4 is 30.5 Å². The van der Waals surface area contributed by atoms with E-state index >= 15 is 0 Å². The Morgan fingerprint density at radius 3 is 2.76 bits per heavy atom. The molecule has 0 aliphatic carbocycles. The largest absolute Gasteiger partial charge is 0.487 e. The molecule has 136 valence electrons. The predicted molar refractivity (Wildman–Crippen MR) is 102 cm³/mol. The van der Waals surface area contributed by atoms with Crippen LogP contribution in [0.3, 0.4) is 0 Å². The van der Waals surface area contributed by atoms with Crippen molar-refractivity contribution in [3.05, 3.63) is 52.8 Å². The molecule has 0 radical (unpaired) electrons. The molecule has 8 heteroatoms. The lowest BCUT2D eigenvalue weighted by Crippen LogP contribution is -2.36. The number of halogens is 2. The van der Waals surface area contributed by atoms with E-state index in [1.165, 1.54) is 12.5 Å². The van der Waals surface area contributed by atoms with Gasteiger partial charge in [0.05, 0.1) is 11.1 Å². The molecule has 3 rings (SSSR count). The van der Waals surface area contributed by atoms with Crippen molar-refractivity contribution in [1.29, 1.82) is 0 Å². The van der Waals surface area contributed by atoms with Crippen LogP contribution in [-0.4, -0.2) is 28.6 Å². The number of benzene rings is 1. The Bertz CT molecular complexity index is 709. The maximum Gasteiger partial charge on any atom is 0.270 e. The van der Waals surface area contributed by atoms with Crippen LogP contribution in [0.4, 0.5) is 5.69 Å². The monoisotopic (exact) mass is 385 g/mol. The minimum atomic E-state index is -0.398. The van der Waals surface area contributed by atoms with Gasteiger partial charge < -0.3 is 10.1 Å². The fourth-order valence-electron chi connectivity index (χ4n) is 2.85. The highest BCUT2D eigenvalue weighted by Crippen LogP contribution is 2.26. The van der Waals surface area contributed by atoms with Crippen molar-refractivity contribution in [3.8, 4) is 16.9 Å². The van der Waals surface area contributed by atoms with E-state index in [-0.39, 0.29) is 36.6 Å². The van der Waals surface area contributed by atoms with Crippen molar-refractivity contribution < 1.29 is 9.66 Å². The average Bonchev–Trinajstić information content (AvgIpc) is 3.10. The number of ether oxygens (including phenoxy) is 1. The summed E-state index contributed by atoms with van der Waals surface area (Å²) in [6.45, 7) is 3.08. The number of hydrogen-bond donors (Lipinski definition) is 1. The van der Waals surface area contributed by atoms with Crippen molar-refractivity contribution in [2.75, 3.05) is 6.54 Å². The molecule has 1 aromatic heterocycles. The van der Waals surface area contributed by atoms with Gasteiger partial charge >= 0.3 is 0 Å². The highest BCUT2D eigenvalue weighted by Gasteiger charge is 2.22. The summed E-state index contributed by atoms with van der Waals surface area (Å²) < 4.78 is 5.98. The van der Waals surface area contributed by atoms with Gasteiger partial charge in [0.15, 0.2) is 0 Å². The van der Waals surface area contributed by atoms with Gasteiger partial charge in [-0.05, 0) is 37.9 Å². The Morgan fingerprint density at radius 1 is 1.28 bits per heavy atom. The van der Waals surface area contributed by atoms with E-state index in [1.807, 2.05) is 19.1 Å². The predicted octanol–water partition coefficient (Wildman–Crippen LogP) is 4.02. The summed E-state index contributed by atoms with van der Waals surface area (Å²) in [5.74, 6) is 0.676. The molecule has 0 bridgehead atoms. The fourth-order valence-corrected chi connectivity index (χ4v) is 2.85. The number of nitrogens with zero attached hydrogens (tertiary/aromatic N) is 2. The quantitative estimate of drug-likeness (QED) is 0.620. The molecule has 1 aromatic carbocycles. The minimum absolute atomic E-state index is 0. The molecule has 0 saturated carbocycles. The van der Waals surface area contributed by atoms with Gasteiger partial charge in [0.25, 0.3) is 5.69 Å². The molecule has 25 heavy (non-hydrogen) atoms. The molecule has 2 heterocycles. The zero-order valence-electron chi connectivity index (χ0n) is 13.8. The zero-order chi connectivity index (χ0) is 16.2. The molecule has 1 fully saturated rings. The second-order valence-electron chi connectivity index (χ2n) is 5.74. The van der Waals surface area contributed by atoms with Gasteiger partial charge in [0.2, 0.25) is 0 Å². The number of aromatic nitrogens is 1. The lowest BCUT2D eigenvalue weighted by molar-refractivity contribution is -0.384. The van der Waals surface area contributed by atoms with E-state index in [0.29, 0.717) is 11.8 Å². The summed E-state index contributed by atoms with van der Waals surface area (Å²) in [5, 5.41) is 14.3. The summed E-state index contributed by atoms with van der Waals surface area (Å²) >= 11 is 0. The van der Waals surface area contributed by atoms with Gasteiger partial charge in [0.1, 0.15) is 11.9 Å². The molecule has 1 aliphatic heterocycles. The molecule has 1 unspecified atom stereocenters. The summed E-state index contributed by atoms with van der Waals surface area (Å²) in [4.78, 5) is 14.7. The third-order valence-electron chi connectivity index (χ3n) is 4.09. The van der Waals surface area contributed by atoms with Crippen molar-refractivity contribution in [3.63, 3.8) is 0 Å². The second kappa shape index (κ2) is 9.56. The third-order valence-corrected chi connectivity index (χ3v) is 4.09. The van der Waals surface area contributed by atoms with E-state index in [4.69, 9.17) is 4.74 Å². The van der Waals surface area contributed by atoms with Gasteiger partial charge in [-0.2, -0.15) is 0 Å². The van der Waals surface area contributed by atoms with Crippen LogP contribution in [0.25, 0.3) is 11.1 Å². The Labute approximate surface area is 159 Å². The van der Waals surface area contributed by atoms with Crippen LogP contribution in [0.1, 0.15) is 19.8 Å². The van der Waals surface area contributed by atoms with Gasteiger partial charge in [0, 0.05) is 29.9 Å². The number of hydrogen-bond acceptors (Lipinski definition) is 5. The molecule has 1 aliphatic rings. The molecular weight excluding hydrogens is 365 g/mol. The number of nitro groups is 1. The first kappa shape index (κ1) is 21.2. The number of nitrogens with one attached hydrogen (secondary N) is 1. The Hall–Kier alpha value is -1.89. The molecule has 1 saturated heterocycles. The van der Waals surface area contributed by atoms with Crippen LogP contribution in [-0.2, 0) is 0 Å². The highest BCUT2D eigenvalue weighted by molar-refractivity contribution is 5.85. The molecule has 0 spiro atoms. The third kappa shape index (κ3) is 5.29. The van der Waals surface area contributed by atoms with Crippen molar-refractivity contribution in [2.24, 2.45) is 0 Å². The number of nitro benzene ring substituents is 1. The SMILES string of the molecule is CC(Oc1cncc(-c2cccc([N+](=O)[O-])c2)c1)[C@@H]1CCCN1.Cl.Cl. The first-order chi connectivity index (χ1) is 11.1. The second-order valence-corrected chi connectivity index (χ2v) is 5.74. The van der Waals surface area contributed by atoms with Gasteiger partial charge in [-0.15, -0.1) is 24.8 Å². The lowest BCUT2D eigenvalue weighted by Gasteiger charge is -2.21. The molecule has 2 aromatic rings. The molecule has 0 amide bonds. The van der Waals surface area contributed by atoms with Crippen molar-refractivity contribution in [2.45, 2.75) is 31.9 Å². The van der Waals surface area contributed by atoms with E-state index in [0.717, 1.165) is 24.1 Å². The zero-order valence-corrected chi connectivity index (χ0v) is 15.4. The summed E-state index contributed by atoms with van der Waals surface area (Å²) in [7, 11) is 0.